The highest BCUT2D eigenvalue weighted by Gasteiger charge is 2.18. The van der Waals surface area contributed by atoms with Crippen LogP contribution in [0.3, 0.4) is 0 Å². The van der Waals surface area contributed by atoms with E-state index >= 15 is 0 Å². The predicted octanol–water partition coefficient (Wildman–Crippen LogP) is 1.42. The second-order valence-corrected chi connectivity index (χ2v) is 4.74. The Morgan fingerprint density at radius 3 is 2.31 bits per heavy atom. The van der Waals surface area contributed by atoms with Crippen LogP contribution in [0.1, 0.15) is 26.2 Å². The van der Waals surface area contributed by atoms with Gasteiger partial charge in [-0.15, -0.1) is 0 Å². The van der Waals surface area contributed by atoms with Gasteiger partial charge in [0.05, 0.1) is 0 Å². The van der Waals surface area contributed by atoms with Gasteiger partial charge < -0.3 is 9.80 Å². The van der Waals surface area contributed by atoms with Crippen LogP contribution in [-0.4, -0.2) is 49.1 Å². The van der Waals surface area contributed by atoms with E-state index in [1.165, 1.54) is 58.5 Å². The third-order valence-electron chi connectivity index (χ3n) is 3.42. The molecule has 0 bridgehead atoms. The minimum Gasteiger partial charge on any atom is -0.302 e. The van der Waals surface area contributed by atoms with Crippen molar-refractivity contribution in [2.24, 2.45) is 5.92 Å². The zero-order valence-corrected chi connectivity index (χ0v) is 8.84. The van der Waals surface area contributed by atoms with Gasteiger partial charge in [-0.1, -0.05) is 6.92 Å². The quantitative estimate of drug-likeness (QED) is 0.651. The molecular weight excluding hydrogens is 160 g/mol. The molecule has 76 valence electrons. The van der Waals surface area contributed by atoms with Gasteiger partial charge in [0, 0.05) is 19.6 Å². The van der Waals surface area contributed by atoms with Crippen molar-refractivity contribution in [1.29, 1.82) is 0 Å². The van der Waals surface area contributed by atoms with Gasteiger partial charge >= 0.3 is 0 Å². The number of nitrogens with zero attached hydrogens (tertiary/aromatic N) is 2. The Morgan fingerprint density at radius 1 is 1.00 bits per heavy atom. The van der Waals surface area contributed by atoms with Crippen molar-refractivity contribution >= 4 is 0 Å². The molecule has 1 atom stereocenters. The first-order chi connectivity index (χ1) is 6.34. The van der Waals surface area contributed by atoms with Gasteiger partial charge in [0.15, 0.2) is 0 Å². The summed E-state index contributed by atoms with van der Waals surface area (Å²) >= 11 is 0. The smallest absolute Gasteiger partial charge is 0.0109 e. The molecule has 0 amide bonds. The molecule has 0 aliphatic carbocycles. The van der Waals surface area contributed by atoms with Crippen molar-refractivity contribution in [3.05, 3.63) is 0 Å². The Morgan fingerprint density at radius 2 is 1.69 bits per heavy atom. The Balaban J connectivity index is 1.62. The number of hydrogen-bond acceptors (Lipinski definition) is 2. The van der Waals surface area contributed by atoms with Crippen molar-refractivity contribution in [2.75, 3.05) is 39.3 Å². The average molecular weight is 182 g/mol. The lowest BCUT2D eigenvalue weighted by molar-refractivity contribution is 0.124. The van der Waals surface area contributed by atoms with Gasteiger partial charge in [-0.25, -0.2) is 0 Å². The van der Waals surface area contributed by atoms with Gasteiger partial charge in [-0.2, -0.15) is 0 Å². The number of hydrogen-bond donors (Lipinski definition) is 0. The topological polar surface area (TPSA) is 6.48 Å². The van der Waals surface area contributed by atoms with Gasteiger partial charge in [-0.05, 0) is 44.8 Å². The molecule has 2 fully saturated rings. The zero-order valence-electron chi connectivity index (χ0n) is 8.84. The minimum atomic E-state index is 0.935. The largest absolute Gasteiger partial charge is 0.302 e. The summed E-state index contributed by atoms with van der Waals surface area (Å²) in [6, 6.07) is 0. The lowest BCUT2D eigenvalue weighted by Crippen LogP contribution is -2.44. The van der Waals surface area contributed by atoms with Crippen LogP contribution < -0.4 is 0 Å². The Labute approximate surface area is 81.9 Å². The first kappa shape index (κ1) is 9.47. The lowest BCUT2D eigenvalue weighted by atomic mass is 10.0. The highest BCUT2D eigenvalue weighted by Crippen LogP contribution is 2.15. The second kappa shape index (κ2) is 4.43. The standard InChI is InChI=1S/C11H22N2/c1-11-4-2-5-13(10-11)9-8-12-6-3-7-12/h11H,2-10H2,1H3. The first-order valence-corrected chi connectivity index (χ1v) is 5.79. The van der Waals surface area contributed by atoms with E-state index < -0.39 is 0 Å². The van der Waals surface area contributed by atoms with Crippen LogP contribution in [0, 0.1) is 5.92 Å². The van der Waals surface area contributed by atoms with Crippen LogP contribution in [0.5, 0.6) is 0 Å². The highest BCUT2D eigenvalue weighted by atomic mass is 15.2. The molecule has 2 aliphatic rings. The predicted molar refractivity (Wildman–Crippen MR) is 55.9 cm³/mol. The Hall–Kier alpha value is -0.0800. The van der Waals surface area contributed by atoms with Crippen molar-refractivity contribution in [2.45, 2.75) is 26.2 Å². The fraction of sp³-hybridized carbons (Fsp3) is 1.00. The fourth-order valence-corrected chi connectivity index (χ4v) is 2.38. The molecule has 2 nitrogen and oxygen atoms in total. The van der Waals surface area contributed by atoms with Crippen molar-refractivity contribution in [3.8, 4) is 0 Å². The van der Waals surface area contributed by atoms with Crippen LogP contribution in [0.4, 0.5) is 0 Å². The van der Waals surface area contributed by atoms with E-state index in [0.717, 1.165) is 5.92 Å². The van der Waals surface area contributed by atoms with Gasteiger partial charge in [-0.3, -0.25) is 0 Å². The van der Waals surface area contributed by atoms with E-state index in [1.807, 2.05) is 0 Å². The normalized spacial score (nSPS) is 31.6. The van der Waals surface area contributed by atoms with Crippen molar-refractivity contribution in [1.82, 2.24) is 9.80 Å². The molecule has 0 aromatic heterocycles. The van der Waals surface area contributed by atoms with E-state index in [2.05, 4.69) is 16.7 Å². The molecular formula is C11H22N2. The summed E-state index contributed by atoms with van der Waals surface area (Å²) in [6.07, 6.45) is 4.29. The van der Waals surface area contributed by atoms with E-state index in [0.29, 0.717) is 0 Å². The van der Waals surface area contributed by atoms with Crippen LogP contribution in [0.25, 0.3) is 0 Å². The molecule has 2 aliphatic heterocycles. The monoisotopic (exact) mass is 182 g/mol. The van der Waals surface area contributed by atoms with Gasteiger partial charge in [0.1, 0.15) is 0 Å². The fourth-order valence-electron chi connectivity index (χ4n) is 2.38. The maximum absolute atomic E-state index is 2.65. The van der Waals surface area contributed by atoms with Crippen LogP contribution >= 0.6 is 0 Å². The molecule has 2 heteroatoms. The number of likely N-dealkylation sites (tertiary alicyclic amines) is 2. The van der Waals surface area contributed by atoms with E-state index in [9.17, 15) is 0 Å². The summed E-state index contributed by atoms with van der Waals surface area (Å²) in [5.74, 6) is 0.935. The zero-order chi connectivity index (χ0) is 9.10. The summed E-state index contributed by atoms with van der Waals surface area (Å²) in [6.45, 7) is 10.4. The third-order valence-corrected chi connectivity index (χ3v) is 3.42. The summed E-state index contributed by atoms with van der Waals surface area (Å²) in [5.41, 5.74) is 0. The molecule has 13 heavy (non-hydrogen) atoms. The molecule has 0 spiro atoms. The maximum Gasteiger partial charge on any atom is 0.0109 e. The van der Waals surface area contributed by atoms with Crippen molar-refractivity contribution in [3.63, 3.8) is 0 Å². The molecule has 1 unspecified atom stereocenters. The first-order valence-electron chi connectivity index (χ1n) is 5.79. The van der Waals surface area contributed by atoms with E-state index in [-0.39, 0.29) is 0 Å². The molecule has 0 N–H and O–H groups in total. The number of piperidine rings is 1. The average Bonchev–Trinajstić information content (AvgIpc) is 2.01. The second-order valence-electron chi connectivity index (χ2n) is 4.74. The minimum absolute atomic E-state index is 0.935. The van der Waals surface area contributed by atoms with E-state index in [4.69, 9.17) is 0 Å². The van der Waals surface area contributed by atoms with Crippen LogP contribution in [0.2, 0.25) is 0 Å². The summed E-state index contributed by atoms with van der Waals surface area (Å²) in [7, 11) is 0. The Bertz CT molecular complexity index is 154. The maximum atomic E-state index is 2.65. The summed E-state index contributed by atoms with van der Waals surface area (Å²) in [5, 5.41) is 0. The summed E-state index contributed by atoms with van der Waals surface area (Å²) in [4.78, 5) is 5.21. The molecule has 2 rings (SSSR count). The molecule has 2 heterocycles. The van der Waals surface area contributed by atoms with Gasteiger partial charge in [0.2, 0.25) is 0 Å². The molecule has 0 aromatic carbocycles. The molecule has 0 aromatic rings. The molecule has 2 saturated heterocycles. The number of rotatable bonds is 3. The van der Waals surface area contributed by atoms with Crippen molar-refractivity contribution < 1.29 is 0 Å². The van der Waals surface area contributed by atoms with Crippen LogP contribution in [0.15, 0.2) is 0 Å². The molecule has 0 saturated carbocycles. The van der Waals surface area contributed by atoms with Gasteiger partial charge in [0.25, 0.3) is 0 Å². The van der Waals surface area contributed by atoms with E-state index in [1.54, 1.807) is 0 Å². The summed E-state index contributed by atoms with van der Waals surface area (Å²) < 4.78 is 0. The lowest BCUT2D eigenvalue weighted by Gasteiger charge is -2.35. The Kier molecular flexibility index (Phi) is 3.23. The van der Waals surface area contributed by atoms with Crippen LogP contribution in [-0.2, 0) is 0 Å². The highest BCUT2D eigenvalue weighted by molar-refractivity contribution is 4.74. The third kappa shape index (κ3) is 2.68. The SMILES string of the molecule is CC1CCCN(CCN2CCC2)C1. The molecule has 0 radical (unpaired) electrons.